The lowest BCUT2D eigenvalue weighted by Crippen LogP contribution is -2.28. The van der Waals surface area contributed by atoms with E-state index in [-0.39, 0.29) is 0 Å². The molecule has 0 aliphatic heterocycles. The second kappa shape index (κ2) is 20.4. The standard InChI is InChI=1S/C43H34N2.C7H9N.C7H8.C2H2.CH3N/c1-4-31-37(5-2)44(29-16-7-6-8-17-29)42-40(31)36-25-24-33-32-19-10-9-15-28(32)22-23-34(33)39(36)41-35-20-11-12-21-38(35)45(43(41)42)30-18-13-14-27(3)26-30;8-6-7-4-2-1-3-5-7;1-7-5-3-2-4-6-7;2*1-2/h4-7,9-16,18-26H,8,17H2,1-3H3;1-5H,6,8H2;2-6H,1H3;1-2H;2H,1H2/b31-4+,37-5+;;;;. The summed E-state index contributed by atoms with van der Waals surface area (Å²) in [5, 5.41) is 19.8. The first-order valence-corrected chi connectivity index (χ1v) is 21.9. The molecule has 11 rings (SSSR count). The lowest BCUT2D eigenvalue weighted by atomic mass is 9.92. The Labute approximate surface area is 377 Å². The topological polar surface area (TPSA) is 59.7 Å². The van der Waals surface area contributed by atoms with Gasteiger partial charge in [-0.15, -0.1) is 12.8 Å². The van der Waals surface area contributed by atoms with Crippen molar-refractivity contribution in [3.63, 3.8) is 0 Å². The summed E-state index contributed by atoms with van der Waals surface area (Å²) < 4.78 is 5.11. The Balaban J connectivity index is 0.000000270. The Bertz CT molecular complexity index is 3450. The summed E-state index contributed by atoms with van der Waals surface area (Å²) in [6.45, 7) is 11.8. The molecule has 4 heteroatoms. The fraction of sp³-hybridized carbons (Fsp3) is 0.117. The van der Waals surface area contributed by atoms with Crippen molar-refractivity contribution in [2.24, 2.45) is 5.73 Å². The van der Waals surface area contributed by atoms with E-state index in [4.69, 9.17) is 11.1 Å². The molecule has 4 nitrogen and oxygen atoms in total. The number of fused-ring (bicyclic) bond motifs is 12. The van der Waals surface area contributed by atoms with E-state index in [1.807, 2.05) is 48.5 Å². The summed E-state index contributed by atoms with van der Waals surface area (Å²) in [5.41, 5.74) is 15.5. The van der Waals surface area contributed by atoms with Crippen molar-refractivity contribution >= 4 is 89.6 Å². The highest BCUT2D eigenvalue weighted by Gasteiger charge is 2.25. The Kier molecular flexibility index (Phi) is 14.2. The molecule has 0 saturated heterocycles. The molecule has 0 bridgehead atoms. The highest BCUT2D eigenvalue weighted by atomic mass is 15.0. The van der Waals surface area contributed by atoms with Crippen molar-refractivity contribution in [3.8, 4) is 18.5 Å². The van der Waals surface area contributed by atoms with Crippen molar-refractivity contribution in [2.75, 3.05) is 0 Å². The van der Waals surface area contributed by atoms with Gasteiger partial charge in [0.15, 0.2) is 0 Å². The second-order valence-corrected chi connectivity index (χ2v) is 15.7. The number of hydrogen-bond donors (Lipinski definition) is 2. The predicted molar refractivity (Wildman–Crippen MR) is 281 cm³/mol. The molecule has 8 aromatic carbocycles. The molecule has 10 aromatic rings. The number of nitrogens with two attached hydrogens (primary N) is 1. The van der Waals surface area contributed by atoms with Crippen LogP contribution in [-0.2, 0) is 6.54 Å². The molecule has 2 heterocycles. The van der Waals surface area contributed by atoms with E-state index < -0.39 is 0 Å². The zero-order chi connectivity index (χ0) is 45.2. The van der Waals surface area contributed by atoms with E-state index in [1.165, 1.54) is 104 Å². The zero-order valence-corrected chi connectivity index (χ0v) is 37.4. The third-order valence-corrected chi connectivity index (χ3v) is 11.9. The molecule has 0 atom stereocenters. The SMILES string of the molecule is C#C.C/C=c1\c(=C/C)n(C2=CC=CCC2)c2c1c1ccc3c4ccccc4ccc3c1c1c3ccccc3n(-c3cccc(C)c3)c12.C=N.Cc1ccccc1.NCc1ccccc1. The summed E-state index contributed by atoms with van der Waals surface area (Å²) in [5.74, 6) is 0. The van der Waals surface area contributed by atoms with Crippen LogP contribution in [0.1, 0.15) is 43.4 Å². The van der Waals surface area contributed by atoms with Crippen molar-refractivity contribution in [1.82, 2.24) is 9.13 Å². The van der Waals surface area contributed by atoms with Crippen LogP contribution in [0, 0.1) is 32.1 Å². The van der Waals surface area contributed by atoms with Crippen molar-refractivity contribution in [1.29, 1.82) is 5.41 Å². The van der Waals surface area contributed by atoms with Crippen LogP contribution in [0.15, 0.2) is 176 Å². The van der Waals surface area contributed by atoms with Crippen molar-refractivity contribution in [2.45, 2.75) is 47.1 Å². The van der Waals surface area contributed by atoms with Gasteiger partial charge in [-0.3, -0.25) is 0 Å². The van der Waals surface area contributed by atoms with Gasteiger partial charge in [0.05, 0.1) is 16.6 Å². The number of para-hydroxylation sites is 1. The van der Waals surface area contributed by atoms with Crippen LogP contribution in [0.25, 0.3) is 88.6 Å². The molecule has 316 valence electrons. The van der Waals surface area contributed by atoms with Gasteiger partial charge < -0.3 is 20.3 Å². The Morgan fingerprint density at radius 2 is 1.22 bits per heavy atom. The lowest BCUT2D eigenvalue weighted by molar-refractivity contribution is 0.944. The average molecular weight is 833 g/mol. The van der Waals surface area contributed by atoms with Crippen LogP contribution in [0.3, 0.4) is 0 Å². The highest BCUT2D eigenvalue weighted by Crippen LogP contribution is 2.45. The van der Waals surface area contributed by atoms with Crippen LogP contribution < -0.4 is 16.3 Å². The molecule has 0 saturated carbocycles. The molecular formula is C60H56N4. The largest absolute Gasteiger partial charge is 0.326 e. The van der Waals surface area contributed by atoms with E-state index >= 15 is 0 Å². The first-order chi connectivity index (χ1) is 31.5. The number of hydrogen-bond acceptors (Lipinski definition) is 2. The molecule has 0 fully saturated rings. The number of allylic oxidation sites excluding steroid dienone is 4. The smallest absolute Gasteiger partial charge is 0.0795 e. The van der Waals surface area contributed by atoms with E-state index in [0.717, 1.165) is 12.8 Å². The number of aryl methyl sites for hydroxylation is 2. The van der Waals surface area contributed by atoms with Gasteiger partial charge >= 0.3 is 0 Å². The minimum atomic E-state index is 0.640. The third kappa shape index (κ3) is 8.30. The molecule has 0 unspecified atom stereocenters. The van der Waals surface area contributed by atoms with Gasteiger partial charge in [-0.2, -0.15) is 0 Å². The van der Waals surface area contributed by atoms with E-state index in [1.54, 1.807) is 0 Å². The molecule has 64 heavy (non-hydrogen) atoms. The summed E-state index contributed by atoms with van der Waals surface area (Å²) in [7, 11) is 0. The van der Waals surface area contributed by atoms with E-state index in [9.17, 15) is 0 Å². The molecule has 2 aromatic heterocycles. The minimum Gasteiger partial charge on any atom is -0.326 e. The van der Waals surface area contributed by atoms with Gasteiger partial charge in [-0.1, -0.05) is 169 Å². The predicted octanol–water partition coefficient (Wildman–Crippen LogP) is 14.0. The molecule has 3 N–H and O–H groups in total. The fourth-order valence-electron chi connectivity index (χ4n) is 9.22. The van der Waals surface area contributed by atoms with Crippen molar-refractivity contribution < 1.29 is 0 Å². The fourth-order valence-corrected chi connectivity index (χ4v) is 9.22. The zero-order valence-electron chi connectivity index (χ0n) is 37.4. The van der Waals surface area contributed by atoms with Crippen molar-refractivity contribution in [3.05, 3.63) is 203 Å². The summed E-state index contributed by atoms with van der Waals surface area (Å²) in [4.78, 5) is 0. The van der Waals surface area contributed by atoms with Gasteiger partial charge in [0.1, 0.15) is 0 Å². The normalized spacial score (nSPS) is 12.5. The number of terminal acetylenes is 1. The Morgan fingerprint density at radius 1 is 0.594 bits per heavy atom. The molecule has 0 amide bonds. The van der Waals surface area contributed by atoms with Gasteiger partial charge in [0.25, 0.3) is 0 Å². The molecule has 0 spiro atoms. The Morgan fingerprint density at radius 3 is 1.84 bits per heavy atom. The van der Waals surface area contributed by atoms with Crippen LogP contribution >= 0.6 is 0 Å². The first kappa shape index (κ1) is 44.3. The lowest BCUT2D eigenvalue weighted by Gasteiger charge is -2.17. The highest BCUT2D eigenvalue weighted by molar-refractivity contribution is 6.38. The monoisotopic (exact) mass is 832 g/mol. The van der Waals surface area contributed by atoms with E-state index in [2.05, 4.69) is 196 Å². The summed E-state index contributed by atoms with van der Waals surface area (Å²) >= 11 is 0. The number of nitrogens with zero attached hydrogens (tertiary/aromatic N) is 2. The molecule has 1 aliphatic rings. The average Bonchev–Trinajstić information content (AvgIpc) is 3.89. The Hall–Kier alpha value is -7.71. The van der Waals surface area contributed by atoms with Gasteiger partial charge in [-0.05, 0) is 110 Å². The maximum absolute atomic E-state index is 5.50. The van der Waals surface area contributed by atoms with Gasteiger partial charge in [0.2, 0.25) is 0 Å². The van der Waals surface area contributed by atoms with Crippen LogP contribution in [0.2, 0.25) is 0 Å². The van der Waals surface area contributed by atoms with E-state index in [0.29, 0.717) is 6.54 Å². The maximum atomic E-state index is 5.50. The number of nitrogens with one attached hydrogen (secondary N) is 1. The van der Waals surface area contributed by atoms with Gasteiger partial charge in [-0.25, -0.2) is 0 Å². The second-order valence-electron chi connectivity index (χ2n) is 15.7. The van der Waals surface area contributed by atoms with Crippen LogP contribution in [0.4, 0.5) is 0 Å². The third-order valence-electron chi connectivity index (χ3n) is 11.9. The minimum absolute atomic E-state index is 0.640. The molecule has 1 aliphatic carbocycles. The first-order valence-electron chi connectivity index (χ1n) is 21.9. The summed E-state index contributed by atoms with van der Waals surface area (Å²) in [6.07, 6.45) is 21.5. The van der Waals surface area contributed by atoms with Crippen LogP contribution in [-0.4, -0.2) is 15.9 Å². The number of aromatic nitrogens is 2. The number of rotatable bonds is 3. The quantitative estimate of drug-likeness (QED) is 0.104. The molecule has 0 radical (unpaired) electrons. The number of benzene rings is 8. The molecular weight excluding hydrogens is 777 g/mol. The maximum Gasteiger partial charge on any atom is 0.0795 e. The van der Waals surface area contributed by atoms with Crippen LogP contribution in [0.5, 0.6) is 0 Å². The summed E-state index contributed by atoms with van der Waals surface area (Å²) in [6, 6.07) is 56.4. The van der Waals surface area contributed by atoms with Gasteiger partial charge in [0, 0.05) is 50.0 Å².